The van der Waals surface area contributed by atoms with E-state index < -0.39 is 0 Å². The molecule has 2 nitrogen and oxygen atoms in total. The maximum Gasteiger partial charge on any atom is 0.143 e. The van der Waals surface area contributed by atoms with Gasteiger partial charge in [0.2, 0.25) is 0 Å². The molecule has 2 heterocycles. The summed E-state index contributed by atoms with van der Waals surface area (Å²) in [6, 6.07) is 72.1. The van der Waals surface area contributed by atoms with E-state index in [1.165, 1.54) is 53.2 Å². The second-order valence-corrected chi connectivity index (χ2v) is 15.2. The largest absolute Gasteiger partial charge is 0.455 e. The minimum atomic E-state index is 0.908. The Kier molecular flexibility index (Phi) is 7.39. The van der Waals surface area contributed by atoms with Gasteiger partial charge in [0.05, 0.1) is 0 Å². The molecule has 0 aliphatic rings. The lowest BCUT2D eigenvalue weighted by Gasteiger charge is -2.26. The van der Waals surface area contributed by atoms with Crippen LogP contribution in [-0.4, -0.2) is 0 Å². The molecule has 2 aromatic heterocycles. The Morgan fingerprint density at radius 3 is 1.84 bits per heavy atom. The summed E-state index contributed by atoms with van der Waals surface area (Å²) in [6.07, 6.45) is 0. The van der Waals surface area contributed by atoms with Crippen LogP contribution in [0.5, 0.6) is 0 Å². The van der Waals surface area contributed by atoms with E-state index in [-0.39, 0.29) is 0 Å². The van der Waals surface area contributed by atoms with E-state index in [0.29, 0.717) is 0 Å². The van der Waals surface area contributed by atoms with Crippen molar-refractivity contribution >= 4 is 81.3 Å². The topological polar surface area (TPSA) is 16.4 Å². The van der Waals surface area contributed by atoms with Gasteiger partial charge in [0.25, 0.3) is 0 Å². The number of hydrogen-bond donors (Lipinski definition) is 0. The van der Waals surface area contributed by atoms with Crippen LogP contribution in [0.15, 0.2) is 205 Å². The van der Waals surface area contributed by atoms with Crippen LogP contribution in [0.1, 0.15) is 0 Å². The predicted octanol–water partition coefficient (Wildman–Crippen LogP) is 15.6. The lowest BCUT2D eigenvalue weighted by atomic mass is 9.93. The molecule has 0 saturated heterocycles. The zero-order chi connectivity index (χ0) is 36.3. The van der Waals surface area contributed by atoms with Crippen molar-refractivity contribution in [2.45, 2.75) is 0 Å². The molecule has 0 unspecified atom stereocenters. The lowest BCUT2D eigenvalue weighted by Crippen LogP contribution is -2.10. The van der Waals surface area contributed by atoms with E-state index in [1.54, 1.807) is 0 Å². The van der Waals surface area contributed by atoms with E-state index in [2.05, 4.69) is 193 Å². The van der Waals surface area contributed by atoms with Gasteiger partial charge >= 0.3 is 0 Å². The quantitative estimate of drug-likeness (QED) is 0.170. The lowest BCUT2D eigenvalue weighted by molar-refractivity contribution is 0.670. The molecule has 0 aliphatic heterocycles. The Hall–Kier alpha value is -6.94. The summed E-state index contributed by atoms with van der Waals surface area (Å²) in [6.45, 7) is 0. The molecule has 0 saturated carbocycles. The minimum absolute atomic E-state index is 0.908. The number of fused-ring (bicyclic) bond motifs is 7. The second kappa shape index (κ2) is 12.9. The predicted molar refractivity (Wildman–Crippen MR) is 235 cm³/mol. The van der Waals surface area contributed by atoms with Crippen LogP contribution in [0.2, 0.25) is 0 Å². The van der Waals surface area contributed by atoms with Crippen LogP contribution in [0.3, 0.4) is 0 Å². The summed E-state index contributed by atoms with van der Waals surface area (Å²) >= 11 is 1.87. The number of benzene rings is 9. The Morgan fingerprint density at radius 2 is 1.02 bits per heavy atom. The highest BCUT2D eigenvalue weighted by molar-refractivity contribution is 7.26. The molecule has 0 radical (unpaired) electrons. The number of hydrogen-bond acceptors (Lipinski definition) is 3. The summed E-state index contributed by atoms with van der Waals surface area (Å²) in [5, 5.41) is 7.45. The van der Waals surface area contributed by atoms with Crippen molar-refractivity contribution in [3.8, 4) is 33.4 Å². The van der Waals surface area contributed by atoms with Crippen LogP contribution in [0.4, 0.5) is 17.1 Å². The van der Waals surface area contributed by atoms with Crippen molar-refractivity contribution in [2.24, 2.45) is 0 Å². The fraction of sp³-hybridized carbons (Fsp3) is 0. The minimum Gasteiger partial charge on any atom is -0.455 e. The third-order valence-electron chi connectivity index (χ3n) is 10.9. The van der Waals surface area contributed by atoms with Gasteiger partial charge < -0.3 is 9.32 Å². The number of nitrogens with zero attached hydrogens (tertiary/aromatic N) is 1. The average Bonchev–Trinajstić information content (AvgIpc) is 3.82. The zero-order valence-electron chi connectivity index (χ0n) is 29.8. The standard InChI is InChI=1S/C52H33NOS/c1-2-12-34(13-3-1)37-15-10-16-41(32-37)53(39-28-24-35(25-29-39)43-20-11-21-45-44-18-6-8-22-47(44)54-52(43)45)40-30-26-36(27-31-40)50-42-17-5-4-14-38(42)33-49-51(50)46-19-7-9-23-48(46)55-49/h1-33H. The van der Waals surface area contributed by atoms with Crippen LogP contribution in [-0.2, 0) is 0 Å². The van der Waals surface area contributed by atoms with Crippen LogP contribution >= 0.6 is 11.3 Å². The monoisotopic (exact) mass is 719 g/mol. The van der Waals surface area contributed by atoms with Gasteiger partial charge in [0, 0.05) is 53.6 Å². The van der Waals surface area contributed by atoms with Crippen LogP contribution in [0, 0.1) is 0 Å². The van der Waals surface area contributed by atoms with E-state index >= 15 is 0 Å². The molecule has 55 heavy (non-hydrogen) atoms. The van der Waals surface area contributed by atoms with E-state index in [0.717, 1.165) is 50.1 Å². The fourth-order valence-corrected chi connectivity index (χ4v) is 9.46. The number of furan rings is 1. The third-order valence-corrected chi connectivity index (χ3v) is 12.0. The first-order valence-corrected chi connectivity index (χ1v) is 19.5. The summed E-state index contributed by atoms with van der Waals surface area (Å²) in [4.78, 5) is 2.36. The Balaban J connectivity index is 1.05. The molecule has 0 fully saturated rings. The van der Waals surface area contributed by atoms with Crippen LogP contribution < -0.4 is 4.90 Å². The molecule has 258 valence electrons. The highest BCUT2D eigenvalue weighted by atomic mass is 32.1. The van der Waals surface area contributed by atoms with Gasteiger partial charge in [-0.3, -0.25) is 0 Å². The zero-order valence-corrected chi connectivity index (χ0v) is 30.6. The molecular weight excluding hydrogens is 687 g/mol. The fourth-order valence-electron chi connectivity index (χ4n) is 8.29. The SMILES string of the molecule is c1ccc(-c2cccc(N(c3ccc(-c4cccc5c4oc4ccccc45)cc3)c3ccc(-c4c5ccccc5cc5sc6ccccc6c45)cc3)c2)cc1. The molecule has 9 aromatic carbocycles. The van der Waals surface area contributed by atoms with E-state index in [4.69, 9.17) is 4.42 Å². The first-order valence-electron chi connectivity index (χ1n) is 18.7. The van der Waals surface area contributed by atoms with Crippen molar-refractivity contribution in [1.29, 1.82) is 0 Å². The van der Waals surface area contributed by atoms with Gasteiger partial charge in [-0.2, -0.15) is 0 Å². The van der Waals surface area contributed by atoms with Crippen molar-refractivity contribution in [1.82, 2.24) is 0 Å². The Bertz CT molecular complexity index is 3190. The third kappa shape index (κ3) is 5.32. The second-order valence-electron chi connectivity index (χ2n) is 14.1. The Labute approximate surface area is 322 Å². The first-order chi connectivity index (χ1) is 27.3. The molecule has 0 atom stereocenters. The highest BCUT2D eigenvalue weighted by Gasteiger charge is 2.19. The van der Waals surface area contributed by atoms with Gasteiger partial charge in [-0.15, -0.1) is 11.3 Å². The van der Waals surface area contributed by atoms with Gasteiger partial charge in [0.1, 0.15) is 11.2 Å². The maximum atomic E-state index is 6.42. The highest BCUT2D eigenvalue weighted by Crippen LogP contribution is 2.46. The van der Waals surface area contributed by atoms with Crippen molar-refractivity contribution in [2.75, 3.05) is 4.90 Å². The molecule has 0 spiro atoms. The molecular formula is C52H33NOS. The smallest absolute Gasteiger partial charge is 0.143 e. The molecule has 3 heteroatoms. The average molecular weight is 720 g/mol. The Morgan fingerprint density at radius 1 is 0.382 bits per heavy atom. The number of para-hydroxylation sites is 2. The molecule has 11 aromatic rings. The van der Waals surface area contributed by atoms with Crippen molar-refractivity contribution in [3.05, 3.63) is 200 Å². The molecule has 0 bridgehead atoms. The summed E-state index contributed by atoms with van der Waals surface area (Å²) < 4.78 is 9.05. The van der Waals surface area contributed by atoms with Gasteiger partial charge in [-0.05, 0) is 93.2 Å². The van der Waals surface area contributed by atoms with E-state index in [9.17, 15) is 0 Å². The summed E-state index contributed by atoms with van der Waals surface area (Å²) in [5.74, 6) is 0. The normalized spacial score (nSPS) is 11.6. The molecule has 0 aliphatic carbocycles. The van der Waals surface area contributed by atoms with Crippen LogP contribution in [0.25, 0.3) is 86.3 Å². The summed E-state index contributed by atoms with van der Waals surface area (Å²) in [7, 11) is 0. The number of rotatable bonds is 6. The number of anilines is 3. The maximum absolute atomic E-state index is 6.42. The molecule has 11 rings (SSSR count). The van der Waals surface area contributed by atoms with Gasteiger partial charge in [-0.25, -0.2) is 0 Å². The number of thiophene rings is 1. The van der Waals surface area contributed by atoms with Gasteiger partial charge in [-0.1, -0.05) is 146 Å². The van der Waals surface area contributed by atoms with Gasteiger partial charge in [0.15, 0.2) is 0 Å². The van der Waals surface area contributed by atoms with Crippen molar-refractivity contribution < 1.29 is 4.42 Å². The van der Waals surface area contributed by atoms with E-state index in [1.807, 2.05) is 23.5 Å². The van der Waals surface area contributed by atoms with Crippen molar-refractivity contribution in [3.63, 3.8) is 0 Å². The molecule has 0 amide bonds. The summed E-state index contributed by atoms with van der Waals surface area (Å²) in [5.41, 5.74) is 12.2. The first kappa shape index (κ1) is 31.6. The molecule has 0 N–H and O–H groups in total.